The Kier molecular flexibility index (Phi) is 5.82. The van der Waals surface area contributed by atoms with Gasteiger partial charge in [-0.1, -0.05) is 38.1 Å². The average molecular weight is 398 g/mol. The topological polar surface area (TPSA) is 55.2 Å². The summed E-state index contributed by atoms with van der Waals surface area (Å²) in [5.74, 6) is 0.953. The zero-order chi connectivity index (χ0) is 20.6. The number of Topliss-reactive ketones (excluding diaryl/α,β-unsaturated/α-hetero) is 1. The van der Waals surface area contributed by atoms with Crippen LogP contribution in [0.15, 0.2) is 29.1 Å². The number of benzene rings is 1. The third kappa shape index (κ3) is 3.93. The van der Waals surface area contributed by atoms with Gasteiger partial charge in [-0.2, -0.15) is 0 Å². The number of carbonyl (C=O) groups excluding carboxylic acids is 1. The second-order valence-corrected chi connectivity index (χ2v) is 9.02. The highest BCUT2D eigenvalue weighted by Crippen LogP contribution is 2.26. The Balaban J connectivity index is 2.05. The van der Waals surface area contributed by atoms with Gasteiger partial charge in [0.2, 0.25) is 0 Å². The highest BCUT2D eigenvalue weighted by molar-refractivity contribution is 7.18. The Morgan fingerprint density at radius 3 is 2.39 bits per heavy atom. The van der Waals surface area contributed by atoms with Crippen LogP contribution in [0.25, 0.3) is 10.2 Å². The monoisotopic (exact) mass is 397 g/mol. The molecule has 2 heterocycles. The predicted octanol–water partition coefficient (Wildman–Crippen LogP) is 4.14. The second kappa shape index (κ2) is 7.97. The SMILES string of the molecule is Cc1sc2nc(CN(C)C)n(CC(=O)c3ccc(C(C)C)cc3)c(=O)c2c1C. The third-order valence-corrected chi connectivity index (χ3v) is 6.13. The summed E-state index contributed by atoms with van der Waals surface area (Å²) in [5.41, 5.74) is 2.63. The van der Waals surface area contributed by atoms with Crippen LogP contribution in [-0.4, -0.2) is 34.3 Å². The number of thiophene rings is 1. The van der Waals surface area contributed by atoms with Gasteiger partial charge in [-0.15, -0.1) is 11.3 Å². The van der Waals surface area contributed by atoms with Crippen molar-refractivity contribution >= 4 is 27.3 Å². The highest BCUT2D eigenvalue weighted by Gasteiger charge is 2.19. The maximum absolute atomic E-state index is 13.2. The lowest BCUT2D eigenvalue weighted by Gasteiger charge is -2.15. The van der Waals surface area contributed by atoms with Gasteiger partial charge in [-0.3, -0.25) is 14.2 Å². The fourth-order valence-corrected chi connectivity index (χ4v) is 4.26. The first-order chi connectivity index (χ1) is 13.2. The van der Waals surface area contributed by atoms with E-state index in [1.54, 1.807) is 4.57 Å². The van der Waals surface area contributed by atoms with Crippen molar-refractivity contribution in [1.29, 1.82) is 0 Å². The van der Waals surface area contributed by atoms with Crippen LogP contribution in [-0.2, 0) is 13.1 Å². The lowest BCUT2D eigenvalue weighted by atomic mass is 10.0. The fraction of sp³-hybridized carbons (Fsp3) is 0.409. The lowest BCUT2D eigenvalue weighted by Crippen LogP contribution is -2.31. The molecule has 0 aliphatic heterocycles. The van der Waals surface area contributed by atoms with Gasteiger partial charge < -0.3 is 4.90 Å². The molecule has 0 radical (unpaired) electrons. The zero-order valence-corrected chi connectivity index (χ0v) is 18.2. The van der Waals surface area contributed by atoms with E-state index in [1.807, 2.05) is 57.1 Å². The number of hydrogen-bond acceptors (Lipinski definition) is 5. The quantitative estimate of drug-likeness (QED) is 0.587. The molecule has 0 aliphatic carbocycles. The molecule has 0 bridgehead atoms. The summed E-state index contributed by atoms with van der Waals surface area (Å²) >= 11 is 1.53. The molecule has 0 aliphatic rings. The minimum Gasteiger partial charge on any atom is -0.302 e. The van der Waals surface area contributed by atoms with Crippen LogP contribution in [0.1, 0.15) is 52.0 Å². The summed E-state index contributed by atoms with van der Waals surface area (Å²) in [6.45, 7) is 8.69. The molecule has 0 saturated heterocycles. The van der Waals surface area contributed by atoms with Gasteiger partial charge in [-0.25, -0.2) is 4.98 Å². The average Bonchev–Trinajstić information content (AvgIpc) is 2.91. The Morgan fingerprint density at radius 1 is 1.18 bits per heavy atom. The molecule has 0 atom stereocenters. The summed E-state index contributed by atoms with van der Waals surface area (Å²) in [6, 6.07) is 7.66. The molecular formula is C22H27N3O2S. The third-order valence-electron chi connectivity index (χ3n) is 5.03. The maximum Gasteiger partial charge on any atom is 0.263 e. The predicted molar refractivity (Wildman–Crippen MR) is 116 cm³/mol. The minimum absolute atomic E-state index is 0.000304. The van der Waals surface area contributed by atoms with E-state index in [9.17, 15) is 9.59 Å². The van der Waals surface area contributed by atoms with E-state index < -0.39 is 0 Å². The summed E-state index contributed by atoms with van der Waals surface area (Å²) in [6.07, 6.45) is 0. The van der Waals surface area contributed by atoms with Crippen molar-refractivity contribution in [2.24, 2.45) is 0 Å². The van der Waals surface area contributed by atoms with E-state index in [0.717, 1.165) is 15.3 Å². The number of rotatable bonds is 6. The molecule has 148 valence electrons. The Morgan fingerprint density at radius 2 is 1.82 bits per heavy atom. The lowest BCUT2D eigenvalue weighted by molar-refractivity contribution is 0.0968. The maximum atomic E-state index is 13.2. The minimum atomic E-state index is -0.129. The summed E-state index contributed by atoms with van der Waals surface area (Å²) in [5, 5.41) is 0.632. The van der Waals surface area contributed by atoms with Crippen molar-refractivity contribution in [3.8, 4) is 0 Å². The molecule has 1 aromatic carbocycles. The highest BCUT2D eigenvalue weighted by atomic mass is 32.1. The van der Waals surface area contributed by atoms with Gasteiger partial charge in [0.1, 0.15) is 10.7 Å². The Labute approximate surface area is 169 Å². The number of aryl methyl sites for hydroxylation is 2. The van der Waals surface area contributed by atoms with E-state index in [-0.39, 0.29) is 17.9 Å². The van der Waals surface area contributed by atoms with Gasteiger partial charge in [0.15, 0.2) is 5.78 Å². The van der Waals surface area contributed by atoms with Crippen LogP contribution < -0.4 is 5.56 Å². The standard InChI is InChI=1S/C22H27N3O2S/c1-13(2)16-7-9-17(10-8-16)18(26)11-25-19(12-24(5)6)23-21-20(22(25)27)14(3)15(4)28-21/h7-10,13H,11-12H2,1-6H3. The summed E-state index contributed by atoms with van der Waals surface area (Å²) in [4.78, 5) is 34.7. The smallest absolute Gasteiger partial charge is 0.263 e. The first kappa shape index (κ1) is 20.4. The number of hydrogen-bond donors (Lipinski definition) is 0. The molecule has 0 N–H and O–H groups in total. The van der Waals surface area contributed by atoms with E-state index in [1.165, 1.54) is 16.9 Å². The molecule has 3 rings (SSSR count). The largest absolute Gasteiger partial charge is 0.302 e. The fourth-order valence-electron chi connectivity index (χ4n) is 3.22. The van der Waals surface area contributed by atoms with Crippen molar-refractivity contribution in [3.05, 3.63) is 62.0 Å². The van der Waals surface area contributed by atoms with Crippen LogP contribution >= 0.6 is 11.3 Å². The molecule has 0 unspecified atom stereocenters. The van der Waals surface area contributed by atoms with E-state index in [4.69, 9.17) is 4.98 Å². The van der Waals surface area contributed by atoms with Crippen LogP contribution in [0.2, 0.25) is 0 Å². The van der Waals surface area contributed by atoms with Crippen molar-refractivity contribution in [3.63, 3.8) is 0 Å². The van der Waals surface area contributed by atoms with Crippen LogP contribution in [0, 0.1) is 13.8 Å². The van der Waals surface area contributed by atoms with Crippen LogP contribution in [0.4, 0.5) is 0 Å². The number of carbonyl (C=O) groups is 1. The van der Waals surface area contributed by atoms with Crippen molar-refractivity contribution in [2.45, 2.75) is 46.7 Å². The molecule has 0 spiro atoms. The molecule has 5 nitrogen and oxygen atoms in total. The molecule has 0 saturated carbocycles. The molecule has 0 amide bonds. The van der Waals surface area contributed by atoms with Gasteiger partial charge >= 0.3 is 0 Å². The van der Waals surface area contributed by atoms with E-state index in [0.29, 0.717) is 29.2 Å². The summed E-state index contributed by atoms with van der Waals surface area (Å²) in [7, 11) is 3.86. The summed E-state index contributed by atoms with van der Waals surface area (Å²) < 4.78 is 1.54. The van der Waals surface area contributed by atoms with Gasteiger partial charge in [0.25, 0.3) is 5.56 Å². The number of aromatic nitrogens is 2. The van der Waals surface area contributed by atoms with Crippen molar-refractivity contribution in [1.82, 2.24) is 14.5 Å². The van der Waals surface area contributed by atoms with Gasteiger partial charge in [0.05, 0.1) is 18.5 Å². The molecule has 6 heteroatoms. The van der Waals surface area contributed by atoms with E-state index >= 15 is 0 Å². The zero-order valence-electron chi connectivity index (χ0n) is 17.4. The molecule has 3 aromatic rings. The number of fused-ring (bicyclic) bond motifs is 1. The van der Waals surface area contributed by atoms with Crippen LogP contribution in [0.3, 0.4) is 0 Å². The molecule has 0 fully saturated rings. The van der Waals surface area contributed by atoms with Gasteiger partial charge in [0, 0.05) is 10.4 Å². The first-order valence-electron chi connectivity index (χ1n) is 9.46. The van der Waals surface area contributed by atoms with E-state index in [2.05, 4.69) is 13.8 Å². The second-order valence-electron chi connectivity index (χ2n) is 7.82. The number of nitrogens with zero attached hydrogens (tertiary/aromatic N) is 3. The normalized spacial score (nSPS) is 11.7. The van der Waals surface area contributed by atoms with Crippen molar-refractivity contribution in [2.75, 3.05) is 14.1 Å². The number of ketones is 1. The van der Waals surface area contributed by atoms with Crippen LogP contribution in [0.5, 0.6) is 0 Å². The molecule has 2 aromatic heterocycles. The first-order valence-corrected chi connectivity index (χ1v) is 10.3. The molecule has 28 heavy (non-hydrogen) atoms. The Bertz CT molecular complexity index is 1080. The molecular weight excluding hydrogens is 370 g/mol. The van der Waals surface area contributed by atoms with Gasteiger partial charge in [-0.05, 0) is 45.0 Å². The van der Waals surface area contributed by atoms with Crippen molar-refractivity contribution < 1.29 is 4.79 Å². The Hall–Kier alpha value is -2.31.